The van der Waals surface area contributed by atoms with E-state index in [0.29, 0.717) is 0 Å². The second-order valence-corrected chi connectivity index (χ2v) is 4.27. The summed E-state index contributed by atoms with van der Waals surface area (Å²) in [6, 6.07) is 7.71. The van der Waals surface area contributed by atoms with E-state index in [1.165, 1.54) is 0 Å². The molecule has 4 heteroatoms. The number of ether oxygens (including phenoxy) is 1. The molecule has 1 atom stereocenters. The quantitative estimate of drug-likeness (QED) is 0.740. The number of benzene rings is 1. The number of carbonyl (C=O) groups is 1. The van der Waals surface area contributed by atoms with Crippen LogP contribution in [0.4, 0.5) is 4.79 Å². The van der Waals surface area contributed by atoms with E-state index < -0.39 is 11.6 Å². The van der Waals surface area contributed by atoms with Gasteiger partial charge in [0.05, 0.1) is 0 Å². The van der Waals surface area contributed by atoms with Crippen molar-refractivity contribution >= 4 is 23.9 Å². The fraction of sp³-hybridized carbons (Fsp3) is 0.250. The first kappa shape index (κ1) is 11.0. The van der Waals surface area contributed by atoms with Crippen molar-refractivity contribution in [1.82, 2.24) is 4.42 Å². The first-order valence-electron chi connectivity index (χ1n) is 4.94. The molecule has 84 valence electrons. The van der Waals surface area contributed by atoms with Crippen molar-refractivity contribution in [3.8, 4) is 0 Å². The molecule has 0 aliphatic carbocycles. The number of hydrogen-bond acceptors (Lipinski definition) is 2. The molecule has 1 aliphatic heterocycles. The Kier molecular flexibility index (Phi) is 2.64. The molecule has 1 aromatic carbocycles. The van der Waals surface area contributed by atoms with Crippen LogP contribution in [0.25, 0.3) is 6.08 Å². The maximum atomic E-state index is 11.2. The Morgan fingerprint density at radius 1 is 1.50 bits per heavy atom. The number of carbonyl (C=O) groups excluding carboxylic acids is 1. The van der Waals surface area contributed by atoms with Gasteiger partial charge in [0, 0.05) is 11.8 Å². The molecule has 0 bridgehead atoms. The lowest BCUT2D eigenvalue weighted by Gasteiger charge is -2.26. The normalized spacial score (nSPS) is 24.4. The molecule has 2 rings (SSSR count). The zero-order chi connectivity index (χ0) is 11.8. The second-order valence-electron chi connectivity index (χ2n) is 3.94. The van der Waals surface area contributed by atoms with E-state index in [4.69, 9.17) is 16.5 Å². The highest BCUT2D eigenvalue weighted by molar-refractivity contribution is 6.21. The van der Waals surface area contributed by atoms with Crippen LogP contribution in [0.15, 0.2) is 30.8 Å². The molecule has 1 heterocycles. The van der Waals surface area contributed by atoms with E-state index in [1.807, 2.05) is 31.2 Å². The Hall–Kier alpha value is -1.48. The molecule has 1 saturated heterocycles. The average molecular weight is 238 g/mol. The maximum absolute atomic E-state index is 11.2. The van der Waals surface area contributed by atoms with Crippen LogP contribution in [-0.2, 0) is 10.3 Å². The molecule has 0 aromatic heterocycles. The van der Waals surface area contributed by atoms with Gasteiger partial charge in [0.15, 0.2) is 0 Å². The van der Waals surface area contributed by atoms with Crippen LogP contribution in [0.1, 0.15) is 18.1 Å². The highest BCUT2D eigenvalue weighted by Gasteiger charge is 2.44. The molecule has 0 spiro atoms. The number of hydrogen-bond donors (Lipinski definition) is 0. The molecule has 0 N–H and O–H groups in total. The van der Waals surface area contributed by atoms with Crippen LogP contribution in [0.5, 0.6) is 0 Å². The van der Waals surface area contributed by atoms with Gasteiger partial charge in [-0.1, -0.05) is 36.9 Å². The lowest BCUT2D eigenvalue weighted by atomic mass is 9.93. The highest BCUT2D eigenvalue weighted by atomic mass is 35.5. The number of rotatable bonds is 2. The molecule has 1 unspecified atom stereocenters. The van der Waals surface area contributed by atoms with Crippen molar-refractivity contribution in [2.45, 2.75) is 12.5 Å². The zero-order valence-electron chi connectivity index (χ0n) is 8.94. The summed E-state index contributed by atoms with van der Waals surface area (Å²) < 4.78 is 6.03. The standard InChI is InChI=1S/C12H12ClNO2/c1-3-9-4-6-10(7-5-9)12(2)8-16-11(15)14(12)13/h3-7H,1,8H2,2H3. The van der Waals surface area contributed by atoms with Gasteiger partial charge >= 0.3 is 6.09 Å². The third kappa shape index (κ3) is 1.57. The van der Waals surface area contributed by atoms with Crippen LogP contribution in [0, 0.1) is 0 Å². The lowest BCUT2D eigenvalue weighted by Crippen LogP contribution is -2.35. The predicted molar refractivity (Wildman–Crippen MR) is 62.9 cm³/mol. The Morgan fingerprint density at radius 3 is 2.56 bits per heavy atom. The van der Waals surface area contributed by atoms with Gasteiger partial charge in [-0.15, -0.1) is 0 Å². The summed E-state index contributed by atoms with van der Waals surface area (Å²) in [7, 11) is 0. The van der Waals surface area contributed by atoms with Gasteiger partial charge in [-0.05, 0) is 18.1 Å². The molecule has 1 amide bonds. The summed E-state index contributed by atoms with van der Waals surface area (Å²) >= 11 is 5.92. The van der Waals surface area contributed by atoms with Crippen LogP contribution in [0.3, 0.4) is 0 Å². The molecule has 3 nitrogen and oxygen atoms in total. The minimum absolute atomic E-state index is 0.267. The van der Waals surface area contributed by atoms with Crippen molar-refractivity contribution in [3.63, 3.8) is 0 Å². The van der Waals surface area contributed by atoms with Gasteiger partial charge < -0.3 is 4.74 Å². The molecule has 1 fully saturated rings. The lowest BCUT2D eigenvalue weighted by molar-refractivity contribution is 0.169. The predicted octanol–water partition coefficient (Wildman–Crippen LogP) is 3.15. The molecule has 1 aliphatic rings. The fourth-order valence-electron chi connectivity index (χ4n) is 1.69. The van der Waals surface area contributed by atoms with E-state index in [-0.39, 0.29) is 6.61 Å². The van der Waals surface area contributed by atoms with Crippen molar-refractivity contribution < 1.29 is 9.53 Å². The molecular formula is C12H12ClNO2. The third-order valence-corrected chi connectivity index (χ3v) is 3.35. The van der Waals surface area contributed by atoms with E-state index in [0.717, 1.165) is 15.5 Å². The van der Waals surface area contributed by atoms with Gasteiger partial charge in [-0.25, -0.2) is 9.21 Å². The topological polar surface area (TPSA) is 29.5 Å². The van der Waals surface area contributed by atoms with Crippen molar-refractivity contribution in [2.75, 3.05) is 6.61 Å². The van der Waals surface area contributed by atoms with E-state index in [1.54, 1.807) is 6.08 Å². The molecule has 0 radical (unpaired) electrons. The SMILES string of the molecule is C=Cc1ccc(C2(C)COC(=O)N2Cl)cc1. The van der Waals surface area contributed by atoms with E-state index >= 15 is 0 Å². The zero-order valence-corrected chi connectivity index (χ0v) is 9.70. The smallest absolute Gasteiger partial charge is 0.425 e. The summed E-state index contributed by atoms with van der Waals surface area (Å²) in [4.78, 5) is 11.2. The third-order valence-electron chi connectivity index (χ3n) is 2.84. The molecule has 16 heavy (non-hydrogen) atoms. The fourth-order valence-corrected chi connectivity index (χ4v) is 1.89. The maximum Gasteiger partial charge on any atom is 0.425 e. The number of halogens is 1. The van der Waals surface area contributed by atoms with Crippen LogP contribution >= 0.6 is 11.8 Å². The minimum Gasteiger partial charge on any atom is -0.446 e. The van der Waals surface area contributed by atoms with E-state index in [9.17, 15) is 4.79 Å². The minimum atomic E-state index is -0.599. The van der Waals surface area contributed by atoms with Crippen LogP contribution in [0.2, 0.25) is 0 Å². The first-order chi connectivity index (χ1) is 7.58. The largest absolute Gasteiger partial charge is 0.446 e. The van der Waals surface area contributed by atoms with Crippen molar-refractivity contribution in [2.24, 2.45) is 0 Å². The summed E-state index contributed by atoms with van der Waals surface area (Å²) in [5.74, 6) is 0. The van der Waals surface area contributed by atoms with Crippen LogP contribution in [-0.4, -0.2) is 17.1 Å². The van der Waals surface area contributed by atoms with Gasteiger partial charge in [0.25, 0.3) is 0 Å². The first-order valence-corrected chi connectivity index (χ1v) is 5.27. The number of amides is 1. The summed E-state index contributed by atoms with van der Waals surface area (Å²) in [5, 5.41) is 0. The highest BCUT2D eigenvalue weighted by Crippen LogP contribution is 2.35. The summed E-state index contributed by atoms with van der Waals surface area (Å²) in [5.41, 5.74) is 1.37. The summed E-state index contributed by atoms with van der Waals surface area (Å²) in [6.45, 7) is 5.82. The van der Waals surface area contributed by atoms with Gasteiger partial charge in [0.2, 0.25) is 0 Å². The Bertz CT molecular complexity index is 429. The average Bonchev–Trinajstić information content (AvgIpc) is 2.59. The van der Waals surface area contributed by atoms with Gasteiger partial charge in [-0.2, -0.15) is 0 Å². The van der Waals surface area contributed by atoms with Crippen molar-refractivity contribution in [3.05, 3.63) is 42.0 Å². The van der Waals surface area contributed by atoms with Crippen molar-refractivity contribution in [1.29, 1.82) is 0 Å². The molecule has 1 aromatic rings. The summed E-state index contributed by atoms with van der Waals surface area (Å²) in [6.07, 6.45) is 1.26. The molecular weight excluding hydrogens is 226 g/mol. The number of nitrogens with zero attached hydrogens (tertiary/aromatic N) is 1. The van der Waals surface area contributed by atoms with Gasteiger partial charge in [0.1, 0.15) is 12.1 Å². The van der Waals surface area contributed by atoms with Gasteiger partial charge in [-0.3, -0.25) is 0 Å². The second kappa shape index (κ2) is 3.83. The Balaban J connectivity index is 2.36. The number of cyclic esters (lactones) is 1. The van der Waals surface area contributed by atoms with Crippen LogP contribution < -0.4 is 0 Å². The Morgan fingerprint density at radius 2 is 2.12 bits per heavy atom. The van der Waals surface area contributed by atoms with E-state index in [2.05, 4.69) is 6.58 Å². The molecule has 0 saturated carbocycles. The monoisotopic (exact) mass is 237 g/mol. The Labute approximate surface area is 99.4 Å².